The van der Waals surface area contributed by atoms with Gasteiger partial charge in [-0.25, -0.2) is 0 Å². The standard InChI is InChI=1S/C19H14S/c1-13-10-11-17-16(12-13)19-15(8-5-9-18(19)20-17)14-6-3-2-4-7-14/h2-12H,1H3/i2D,3D,4D,5D,6D,7D,8D,9D,10D,11D,12D. The van der Waals surface area contributed by atoms with Crippen LogP contribution in [0.5, 0.6) is 0 Å². The minimum atomic E-state index is -0.596. The Kier molecular flexibility index (Phi) is 1.12. The third-order valence-electron chi connectivity index (χ3n) is 2.95. The topological polar surface area (TPSA) is 0 Å². The van der Waals surface area contributed by atoms with Gasteiger partial charge in [-0.05, 0) is 36.2 Å². The fraction of sp³-hybridized carbons (Fsp3) is 0.0526. The molecule has 0 fully saturated rings. The summed E-state index contributed by atoms with van der Waals surface area (Å²) in [5.74, 6) is 0. The van der Waals surface area contributed by atoms with Crippen LogP contribution in [0.3, 0.4) is 0 Å². The summed E-state index contributed by atoms with van der Waals surface area (Å²) < 4.78 is 90.8. The average molecular weight is 285 g/mol. The second-order valence-corrected chi connectivity index (χ2v) is 5.28. The minimum absolute atomic E-state index is 0.0904. The molecule has 0 bridgehead atoms. The highest BCUT2D eigenvalue weighted by Gasteiger charge is 2.10. The zero-order valence-corrected chi connectivity index (χ0v) is 11.2. The third-order valence-corrected chi connectivity index (χ3v) is 3.97. The second-order valence-electron chi connectivity index (χ2n) is 4.26. The van der Waals surface area contributed by atoms with Crippen molar-refractivity contribution in [3.8, 4) is 11.1 Å². The zero-order chi connectivity index (χ0) is 23.1. The molecule has 0 aliphatic rings. The third kappa shape index (κ3) is 1.75. The molecule has 0 N–H and O–H groups in total. The minimum Gasteiger partial charge on any atom is -0.135 e. The Morgan fingerprint density at radius 2 is 1.70 bits per heavy atom. The van der Waals surface area contributed by atoms with Gasteiger partial charge >= 0.3 is 0 Å². The summed E-state index contributed by atoms with van der Waals surface area (Å²) in [6.45, 7) is 1.51. The first-order valence-corrected chi connectivity index (χ1v) is 6.72. The summed E-state index contributed by atoms with van der Waals surface area (Å²) in [7, 11) is 0. The van der Waals surface area contributed by atoms with E-state index in [2.05, 4.69) is 0 Å². The van der Waals surface area contributed by atoms with Crippen LogP contribution < -0.4 is 0 Å². The lowest BCUT2D eigenvalue weighted by atomic mass is 9.99. The van der Waals surface area contributed by atoms with Crippen LogP contribution in [0.2, 0.25) is 0 Å². The monoisotopic (exact) mass is 285 g/mol. The van der Waals surface area contributed by atoms with Gasteiger partial charge in [0.05, 0.1) is 15.1 Å². The van der Waals surface area contributed by atoms with E-state index in [4.69, 9.17) is 15.1 Å². The molecule has 0 spiro atoms. The van der Waals surface area contributed by atoms with Crippen LogP contribution in [-0.4, -0.2) is 0 Å². The van der Waals surface area contributed by atoms with Gasteiger partial charge in [-0.3, -0.25) is 0 Å². The van der Waals surface area contributed by atoms with E-state index < -0.39 is 42.3 Å². The molecule has 0 aliphatic heterocycles. The Hall–Kier alpha value is -2.12. The van der Waals surface area contributed by atoms with Crippen molar-refractivity contribution in [2.45, 2.75) is 6.92 Å². The lowest BCUT2D eigenvalue weighted by Crippen LogP contribution is -1.79. The fourth-order valence-electron chi connectivity index (χ4n) is 2.11. The number of hydrogen-bond donors (Lipinski definition) is 0. The van der Waals surface area contributed by atoms with Crippen LogP contribution in [0.15, 0.2) is 66.5 Å². The molecule has 0 saturated heterocycles. The molecule has 1 heteroatoms. The van der Waals surface area contributed by atoms with Crippen LogP contribution in [-0.2, 0) is 0 Å². The largest absolute Gasteiger partial charge is 0.135 e. The molecule has 20 heavy (non-hydrogen) atoms. The average Bonchev–Trinajstić information content (AvgIpc) is 3.14. The highest BCUT2D eigenvalue weighted by atomic mass is 32.1. The Bertz CT molecular complexity index is 1420. The van der Waals surface area contributed by atoms with E-state index in [-0.39, 0.29) is 61.0 Å². The van der Waals surface area contributed by atoms with Crippen molar-refractivity contribution >= 4 is 31.5 Å². The van der Waals surface area contributed by atoms with Crippen LogP contribution in [0, 0.1) is 6.92 Å². The number of benzene rings is 3. The van der Waals surface area contributed by atoms with Gasteiger partial charge < -0.3 is 0 Å². The summed E-state index contributed by atoms with van der Waals surface area (Å²) in [5.41, 5.74) is -0.200. The molecule has 4 aromatic rings. The van der Waals surface area contributed by atoms with Gasteiger partial charge in [0.1, 0.15) is 0 Å². The highest BCUT2D eigenvalue weighted by Crippen LogP contribution is 2.40. The number of fused-ring (bicyclic) bond motifs is 3. The lowest BCUT2D eigenvalue weighted by Gasteiger charge is -2.04. The van der Waals surface area contributed by atoms with Gasteiger partial charge in [0.15, 0.2) is 0 Å². The van der Waals surface area contributed by atoms with Gasteiger partial charge in [0.25, 0.3) is 0 Å². The van der Waals surface area contributed by atoms with E-state index in [1.807, 2.05) is 0 Å². The maximum absolute atomic E-state index is 8.54. The molecular formula is C19H14S. The molecule has 0 atom stereocenters. The lowest BCUT2D eigenvalue weighted by molar-refractivity contribution is 1.52. The van der Waals surface area contributed by atoms with Crippen molar-refractivity contribution in [3.05, 3.63) is 72.0 Å². The summed E-state index contributed by atoms with van der Waals surface area (Å²) in [6, 6.07) is -4.56. The van der Waals surface area contributed by atoms with E-state index in [0.29, 0.717) is 0 Å². The summed E-state index contributed by atoms with van der Waals surface area (Å²) in [4.78, 5) is 0. The van der Waals surface area contributed by atoms with Crippen molar-refractivity contribution in [2.75, 3.05) is 0 Å². The molecule has 96 valence electrons. The number of rotatable bonds is 1. The van der Waals surface area contributed by atoms with Gasteiger partial charge in [0.2, 0.25) is 0 Å². The molecule has 0 nitrogen and oxygen atoms in total. The van der Waals surface area contributed by atoms with Crippen molar-refractivity contribution in [1.29, 1.82) is 0 Å². The molecule has 1 aromatic heterocycles. The van der Waals surface area contributed by atoms with Crippen LogP contribution in [0.4, 0.5) is 0 Å². The van der Waals surface area contributed by atoms with E-state index in [9.17, 15) is 0 Å². The van der Waals surface area contributed by atoms with Crippen LogP contribution in [0.1, 0.15) is 20.6 Å². The van der Waals surface area contributed by atoms with Crippen molar-refractivity contribution in [2.24, 2.45) is 0 Å². The van der Waals surface area contributed by atoms with Gasteiger partial charge in [0, 0.05) is 20.2 Å². The van der Waals surface area contributed by atoms with Gasteiger partial charge in [-0.2, -0.15) is 0 Å². The summed E-state index contributed by atoms with van der Waals surface area (Å²) >= 11 is 0.935. The SMILES string of the molecule is [2H]c1c([2H])c([2H])c(-c2c([2H])c([2H])c([2H])c3sc4c([2H])c([2H])c(C)c([2H])c4c23)c([2H])c1[2H]. The number of hydrogen-bond acceptors (Lipinski definition) is 1. The van der Waals surface area contributed by atoms with Crippen molar-refractivity contribution in [1.82, 2.24) is 0 Å². The quantitative estimate of drug-likeness (QED) is 0.400. The molecule has 0 amide bonds. The van der Waals surface area contributed by atoms with E-state index in [1.165, 1.54) is 6.92 Å². The molecule has 0 aliphatic carbocycles. The Morgan fingerprint density at radius 1 is 0.850 bits per heavy atom. The van der Waals surface area contributed by atoms with E-state index in [0.717, 1.165) is 11.3 Å². The van der Waals surface area contributed by atoms with Crippen molar-refractivity contribution in [3.63, 3.8) is 0 Å². The highest BCUT2D eigenvalue weighted by molar-refractivity contribution is 7.25. The number of thiophene rings is 1. The molecular weight excluding hydrogens is 260 g/mol. The molecule has 0 unspecified atom stereocenters. The maximum atomic E-state index is 8.54. The Balaban J connectivity index is 2.40. The Labute approximate surface area is 137 Å². The van der Waals surface area contributed by atoms with E-state index in [1.54, 1.807) is 0 Å². The molecule has 1 heterocycles. The molecule has 0 saturated carbocycles. The predicted molar refractivity (Wildman–Crippen MR) is 89.5 cm³/mol. The first kappa shape index (κ1) is 5.01. The van der Waals surface area contributed by atoms with Gasteiger partial charge in [-0.15, -0.1) is 11.3 Å². The van der Waals surface area contributed by atoms with Crippen molar-refractivity contribution < 1.29 is 15.1 Å². The van der Waals surface area contributed by atoms with Gasteiger partial charge in [-0.1, -0.05) is 53.9 Å². The first-order chi connectivity index (χ1) is 14.4. The molecule has 4 rings (SSSR count). The van der Waals surface area contributed by atoms with Crippen LogP contribution >= 0.6 is 11.3 Å². The predicted octanol–water partition coefficient (Wildman–Crippen LogP) is 6.03. The first-order valence-electron chi connectivity index (χ1n) is 11.4. The zero-order valence-electron chi connectivity index (χ0n) is 21.4. The Morgan fingerprint density at radius 3 is 2.55 bits per heavy atom. The fourth-order valence-corrected chi connectivity index (χ4v) is 3.08. The second kappa shape index (κ2) is 4.46. The maximum Gasteiger partial charge on any atom is 0.0638 e. The normalized spacial score (nSPS) is 18.9. The molecule has 3 aromatic carbocycles. The van der Waals surface area contributed by atoms with Crippen LogP contribution in [0.25, 0.3) is 31.3 Å². The summed E-state index contributed by atoms with van der Waals surface area (Å²) in [6.07, 6.45) is 0. The van der Waals surface area contributed by atoms with E-state index >= 15 is 0 Å². The smallest absolute Gasteiger partial charge is 0.0638 e. The molecule has 0 radical (unpaired) electrons. The summed E-state index contributed by atoms with van der Waals surface area (Å²) in [5, 5.41) is 0.313.